The van der Waals surface area contributed by atoms with E-state index in [1.54, 1.807) is 34.9 Å². The van der Waals surface area contributed by atoms with E-state index >= 15 is 0 Å². The molecule has 0 amide bonds. The molecular formula is C8H6S3. The van der Waals surface area contributed by atoms with Crippen LogP contribution in [0.15, 0.2) is 43.5 Å². The highest BCUT2D eigenvalue weighted by molar-refractivity contribution is 8.07. The molecule has 0 bridgehead atoms. The first-order valence-electron chi connectivity index (χ1n) is 3.14. The Morgan fingerprint density at radius 1 is 1.36 bits per heavy atom. The van der Waals surface area contributed by atoms with E-state index in [4.69, 9.17) is 0 Å². The lowest BCUT2D eigenvalue weighted by molar-refractivity contribution is 1.42. The quantitative estimate of drug-likeness (QED) is 0.618. The Morgan fingerprint density at radius 2 is 2.27 bits per heavy atom. The number of thiophene rings is 1. The van der Waals surface area contributed by atoms with E-state index in [1.165, 1.54) is 9.10 Å². The van der Waals surface area contributed by atoms with Gasteiger partial charge in [-0.1, -0.05) is 30.1 Å². The molecule has 1 aliphatic heterocycles. The van der Waals surface area contributed by atoms with Crippen molar-refractivity contribution in [2.75, 3.05) is 0 Å². The zero-order valence-electron chi connectivity index (χ0n) is 5.74. The van der Waals surface area contributed by atoms with Crippen LogP contribution in [0.1, 0.15) is 0 Å². The molecule has 0 fully saturated rings. The summed E-state index contributed by atoms with van der Waals surface area (Å²) >= 11 is 5.31. The van der Waals surface area contributed by atoms with Crippen LogP contribution >= 0.6 is 34.9 Å². The van der Waals surface area contributed by atoms with Gasteiger partial charge >= 0.3 is 0 Å². The molecule has 0 N–H and O–H groups in total. The van der Waals surface area contributed by atoms with Crippen LogP contribution in [0.2, 0.25) is 0 Å². The summed E-state index contributed by atoms with van der Waals surface area (Å²) in [6.07, 6.45) is 2.06. The molecule has 0 radical (unpaired) electrons. The topological polar surface area (TPSA) is 0 Å². The van der Waals surface area contributed by atoms with E-state index in [0.717, 1.165) is 4.91 Å². The van der Waals surface area contributed by atoms with Crippen LogP contribution in [0.3, 0.4) is 0 Å². The summed E-state index contributed by atoms with van der Waals surface area (Å²) < 4.78 is 1.38. The first-order chi connectivity index (χ1) is 5.36. The highest BCUT2D eigenvalue weighted by Gasteiger charge is 2.07. The maximum Gasteiger partial charge on any atom is 0.0780 e. The van der Waals surface area contributed by atoms with Crippen molar-refractivity contribution >= 4 is 34.9 Å². The van der Waals surface area contributed by atoms with Gasteiger partial charge in [0.05, 0.1) is 4.21 Å². The van der Waals surface area contributed by atoms with Crippen molar-refractivity contribution in [2.45, 2.75) is 9.10 Å². The minimum atomic E-state index is 1.12. The minimum absolute atomic E-state index is 1.12. The number of hydrogen-bond donors (Lipinski definition) is 0. The lowest BCUT2D eigenvalue weighted by Crippen LogP contribution is -1.63. The predicted molar refractivity (Wildman–Crippen MR) is 54.3 cm³/mol. The Labute approximate surface area is 78.4 Å². The molecular weight excluding hydrogens is 192 g/mol. The summed E-state index contributed by atoms with van der Waals surface area (Å²) in [6, 6.07) is 2.15. The van der Waals surface area contributed by atoms with Crippen LogP contribution in [0.5, 0.6) is 0 Å². The molecule has 0 atom stereocenters. The van der Waals surface area contributed by atoms with Gasteiger partial charge in [0.25, 0.3) is 0 Å². The maximum absolute atomic E-state index is 3.92. The lowest BCUT2D eigenvalue weighted by Gasteiger charge is -1.94. The van der Waals surface area contributed by atoms with Gasteiger partial charge in [-0.25, -0.2) is 0 Å². The van der Waals surface area contributed by atoms with Crippen LogP contribution < -0.4 is 0 Å². The number of hydrogen-bond acceptors (Lipinski definition) is 3. The van der Waals surface area contributed by atoms with Gasteiger partial charge in [-0.2, -0.15) is 0 Å². The van der Waals surface area contributed by atoms with E-state index in [-0.39, 0.29) is 0 Å². The zero-order chi connectivity index (χ0) is 7.68. The predicted octanol–water partition coefficient (Wildman–Crippen LogP) is 3.97. The largest absolute Gasteiger partial charge is 0.136 e. The van der Waals surface area contributed by atoms with Crippen molar-refractivity contribution in [3.8, 4) is 0 Å². The van der Waals surface area contributed by atoms with Gasteiger partial charge in [-0.15, -0.1) is 11.3 Å². The zero-order valence-corrected chi connectivity index (χ0v) is 8.19. The molecule has 1 aromatic heterocycles. The fourth-order valence-corrected chi connectivity index (χ4v) is 3.75. The van der Waals surface area contributed by atoms with E-state index in [1.807, 2.05) is 0 Å². The van der Waals surface area contributed by atoms with Gasteiger partial charge in [0.2, 0.25) is 0 Å². The summed E-state index contributed by atoms with van der Waals surface area (Å²) in [5.74, 6) is 0. The second kappa shape index (κ2) is 3.09. The van der Waals surface area contributed by atoms with Gasteiger partial charge < -0.3 is 0 Å². The summed E-state index contributed by atoms with van der Waals surface area (Å²) in [7, 11) is 0. The molecule has 1 aliphatic rings. The summed E-state index contributed by atoms with van der Waals surface area (Å²) in [5.41, 5.74) is 0. The van der Waals surface area contributed by atoms with Crippen LogP contribution in [0.25, 0.3) is 0 Å². The average molecular weight is 198 g/mol. The number of allylic oxidation sites excluding steroid dienone is 1. The Kier molecular flexibility index (Phi) is 2.11. The molecule has 2 heterocycles. The summed E-state index contributed by atoms with van der Waals surface area (Å²) in [5, 5.41) is 4.22. The molecule has 0 aromatic carbocycles. The maximum atomic E-state index is 3.92. The Balaban J connectivity index is 2.41. The summed E-state index contributed by atoms with van der Waals surface area (Å²) in [6.45, 7) is 3.92. The van der Waals surface area contributed by atoms with Crippen LogP contribution in [-0.2, 0) is 0 Å². The Hall–Kier alpha value is -0.120. The number of fused-ring (bicyclic) bond motifs is 1. The third kappa shape index (κ3) is 1.55. The first-order valence-corrected chi connectivity index (χ1v) is 5.71. The molecule has 0 unspecified atom stereocenters. The molecule has 0 spiro atoms. The monoisotopic (exact) mass is 198 g/mol. The van der Waals surface area contributed by atoms with Crippen molar-refractivity contribution in [3.05, 3.63) is 34.4 Å². The molecule has 0 aliphatic carbocycles. The third-order valence-electron chi connectivity index (χ3n) is 1.27. The Morgan fingerprint density at radius 3 is 3.18 bits per heavy atom. The van der Waals surface area contributed by atoms with Crippen molar-refractivity contribution in [1.82, 2.24) is 0 Å². The lowest BCUT2D eigenvalue weighted by atomic mass is 10.6. The van der Waals surface area contributed by atoms with Crippen molar-refractivity contribution in [1.29, 1.82) is 0 Å². The molecule has 3 heteroatoms. The van der Waals surface area contributed by atoms with Crippen molar-refractivity contribution in [2.24, 2.45) is 0 Å². The standard InChI is InChI=1S/C8H6S3/c1-6-2-4-9-8-7(11-6)3-5-10-8/h2-5H,1H2. The van der Waals surface area contributed by atoms with Crippen LogP contribution in [0.4, 0.5) is 0 Å². The van der Waals surface area contributed by atoms with Gasteiger partial charge in [0.15, 0.2) is 0 Å². The number of thioether (sulfide) groups is 2. The normalized spacial score (nSPS) is 16.2. The number of rotatable bonds is 0. The molecule has 0 saturated carbocycles. The highest BCUT2D eigenvalue weighted by Crippen LogP contribution is 2.42. The molecule has 11 heavy (non-hydrogen) atoms. The molecule has 0 nitrogen and oxygen atoms in total. The molecule has 1 aromatic rings. The fourth-order valence-electron chi connectivity index (χ4n) is 0.792. The fraction of sp³-hybridized carbons (Fsp3) is 0. The second-order valence-electron chi connectivity index (χ2n) is 2.06. The third-order valence-corrected chi connectivity index (χ3v) is 4.47. The van der Waals surface area contributed by atoms with E-state index in [0.29, 0.717) is 0 Å². The second-order valence-corrected chi connectivity index (χ2v) is 5.32. The van der Waals surface area contributed by atoms with Crippen molar-refractivity contribution in [3.63, 3.8) is 0 Å². The molecule has 2 rings (SSSR count). The van der Waals surface area contributed by atoms with E-state index in [9.17, 15) is 0 Å². The Bertz CT molecular complexity index is 309. The SMILES string of the molecule is C=C1C=CSc2sccc2S1. The molecule has 56 valence electrons. The van der Waals surface area contributed by atoms with E-state index < -0.39 is 0 Å². The highest BCUT2D eigenvalue weighted by atomic mass is 32.2. The van der Waals surface area contributed by atoms with Crippen molar-refractivity contribution < 1.29 is 0 Å². The van der Waals surface area contributed by atoms with Gasteiger partial charge in [-0.3, -0.25) is 0 Å². The first kappa shape index (κ1) is 7.53. The van der Waals surface area contributed by atoms with Gasteiger partial charge in [-0.05, 0) is 22.9 Å². The average Bonchev–Trinajstić information content (AvgIpc) is 2.31. The smallest absolute Gasteiger partial charge is 0.0780 e. The molecule has 0 saturated heterocycles. The van der Waals surface area contributed by atoms with Gasteiger partial charge in [0, 0.05) is 9.80 Å². The minimum Gasteiger partial charge on any atom is -0.136 e. The van der Waals surface area contributed by atoms with Crippen LogP contribution in [-0.4, -0.2) is 0 Å². The summed E-state index contributed by atoms with van der Waals surface area (Å²) in [4.78, 5) is 2.46. The van der Waals surface area contributed by atoms with Gasteiger partial charge in [0.1, 0.15) is 0 Å². The van der Waals surface area contributed by atoms with Crippen LogP contribution in [0, 0.1) is 0 Å². The van der Waals surface area contributed by atoms with E-state index in [2.05, 4.69) is 29.5 Å².